The van der Waals surface area contributed by atoms with E-state index in [1.807, 2.05) is 0 Å². The normalized spacial score (nSPS) is 12.0. The van der Waals surface area contributed by atoms with Crippen molar-refractivity contribution in [2.75, 3.05) is 5.32 Å². The Morgan fingerprint density at radius 2 is 2.08 bits per heavy atom. The number of nitrogens with zero attached hydrogens (tertiary/aromatic N) is 2. The predicted molar refractivity (Wildman–Crippen MR) is 101 cm³/mol. The molecule has 9 heteroatoms. The number of aromatic nitrogens is 3. The lowest BCUT2D eigenvalue weighted by atomic mass is 10.1. The molecule has 0 saturated carbocycles. The highest BCUT2D eigenvalue weighted by atomic mass is 35.5. The number of rotatable bonds is 5. The number of nitrogens with two attached hydrogens (primary N) is 1. The van der Waals surface area contributed by atoms with E-state index in [-0.39, 0.29) is 5.69 Å². The van der Waals surface area contributed by atoms with Gasteiger partial charge < -0.3 is 21.1 Å². The number of carbonyl (C=O) groups is 1. The molecule has 0 aliphatic rings. The van der Waals surface area contributed by atoms with Crippen molar-refractivity contribution < 1.29 is 9.90 Å². The number of pyridine rings is 1. The average Bonchev–Trinajstić information content (AvgIpc) is 3.00. The number of carbonyl (C=O) groups excluding carboxylic acids is 1. The van der Waals surface area contributed by atoms with Crippen LogP contribution in [0.2, 0.25) is 10.0 Å². The van der Waals surface area contributed by atoms with Crippen molar-refractivity contribution >= 4 is 34.9 Å². The minimum Gasteiger partial charge on any atom is -0.374 e. The molecule has 1 atom stereocenters. The number of halogens is 2. The van der Waals surface area contributed by atoms with Gasteiger partial charge in [-0.25, -0.2) is 9.97 Å². The zero-order valence-corrected chi connectivity index (χ0v) is 15.1. The van der Waals surface area contributed by atoms with Crippen LogP contribution in [-0.4, -0.2) is 32.2 Å². The summed E-state index contributed by atoms with van der Waals surface area (Å²) in [6.07, 6.45) is 0.792. The van der Waals surface area contributed by atoms with Gasteiger partial charge in [-0.05, 0) is 37.3 Å². The van der Waals surface area contributed by atoms with Crippen LogP contribution in [0.25, 0.3) is 22.6 Å². The first-order valence-electron chi connectivity index (χ1n) is 7.61. The van der Waals surface area contributed by atoms with Gasteiger partial charge >= 0.3 is 0 Å². The van der Waals surface area contributed by atoms with Crippen LogP contribution in [0.1, 0.15) is 17.4 Å². The molecule has 26 heavy (non-hydrogen) atoms. The van der Waals surface area contributed by atoms with Crippen molar-refractivity contribution in [2.45, 2.75) is 13.2 Å². The van der Waals surface area contributed by atoms with E-state index in [1.165, 1.54) is 0 Å². The first-order valence-corrected chi connectivity index (χ1v) is 8.37. The number of benzene rings is 1. The first-order chi connectivity index (χ1) is 12.3. The van der Waals surface area contributed by atoms with Gasteiger partial charge in [-0.15, -0.1) is 0 Å². The summed E-state index contributed by atoms with van der Waals surface area (Å²) in [5.74, 6) is 0.206. The fourth-order valence-corrected chi connectivity index (χ4v) is 2.93. The van der Waals surface area contributed by atoms with E-state index in [2.05, 4.69) is 20.3 Å². The maximum Gasteiger partial charge on any atom is 0.267 e. The van der Waals surface area contributed by atoms with Gasteiger partial charge in [0.1, 0.15) is 29.3 Å². The van der Waals surface area contributed by atoms with Crippen molar-refractivity contribution in [3.05, 3.63) is 52.3 Å². The average molecular weight is 392 g/mol. The number of amides is 1. The van der Waals surface area contributed by atoms with Gasteiger partial charge in [0.25, 0.3) is 5.91 Å². The smallest absolute Gasteiger partial charge is 0.267 e. The van der Waals surface area contributed by atoms with Crippen molar-refractivity contribution in [1.82, 2.24) is 15.0 Å². The number of aromatic amines is 1. The number of nitrogens with one attached hydrogen (secondary N) is 2. The quantitative estimate of drug-likeness (QED) is 0.497. The van der Waals surface area contributed by atoms with Crippen LogP contribution >= 0.6 is 23.2 Å². The number of imidazole rings is 1. The Balaban J connectivity index is 2.09. The summed E-state index contributed by atoms with van der Waals surface area (Å²) in [5, 5.41) is 13.0. The standard InChI is InChI=1S/C17H15Cl2N5O2/c1-8(25)22-13-6-9(4-5-21-13)17-23-14(15(24-17)16(20)26)11-3-2-10(18)7-12(11)19/h2-8,25H,1H3,(H2,20,26)(H,21,22)(H,23,24). The zero-order chi connectivity index (χ0) is 18.8. The van der Waals surface area contributed by atoms with Crippen LogP contribution < -0.4 is 11.1 Å². The van der Waals surface area contributed by atoms with E-state index in [9.17, 15) is 9.90 Å². The molecule has 3 aromatic rings. The van der Waals surface area contributed by atoms with E-state index in [0.29, 0.717) is 38.5 Å². The molecule has 2 heterocycles. The Hall–Kier alpha value is -2.61. The fraction of sp³-hybridized carbons (Fsp3) is 0.118. The summed E-state index contributed by atoms with van der Waals surface area (Å²) in [6, 6.07) is 8.28. The van der Waals surface area contributed by atoms with Gasteiger partial charge in [0.05, 0.1) is 5.02 Å². The number of hydrogen-bond acceptors (Lipinski definition) is 5. The largest absolute Gasteiger partial charge is 0.374 e. The molecule has 1 amide bonds. The molecule has 134 valence electrons. The highest BCUT2D eigenvalue weighted by molar-refractivity contribution is 6.36. The molecule has 0 aliphatic heterocycles. The number of H-pyrrole nitrogens is 1. The Morgan fingerprint density at radius 3 is 2.73 bits per heavy atom. The Kier molecular flexibility index (Phi) is 5.13. The van der Waals surface area contributed by atoms with E-state index in [4.69, 9.17) is 28.9 Å². The molecule has 0 bridgehead atoms. The Bertz CT molecular complexity index is 972. The molecule has 2 aromatic heterocycles. The zero-order valence-electron chi connectivity index (χ0n) is 13.6. The molecule has 3 rings (SSSR count). The lowest BCUT2D eigenvalue weighted by molar-refractivity contribution is 0.0997. The number of primary amides is 1. The van der Waals surface area contributed by atoms with Gasteiger partial charge in [-0.2, -0.15) is 0 Å². The molecular weight excluding hydrogens is 377 g/mol. The van der Waals surface area contributed by atoms with Crippen LogP contribution in [0.15, 0.2) is 36.5 Å². The van der Waals surface area contributed by atoms with Crippen LogP contribution in [-0.2, 0) is 0 Å². The van der Waals surface area contributed by atoms with Crippen molar-refractivity contribution in [3.8, 4) is 22.6 Å². The maximum atomic E-state index is 11.9. The number of aliphatic hydroxyl groups is 1. The summed E-state index contributed by atoms with van der Waals surface area (Å²) in [6.45, 7) is 1.58. The SMILES string of the molecule is CC(O)Nc1cc(-c2nc(-c3ccc(Cl)cc3Cl)c(C(N)=O)[nH]2)ccn1. The molecule has 0 spiro atoms. The third-order valence-corrected chi connectivity index (χ3v) is 4.07. The first kappa shape index (κ1) is 18.2. The molecule has 0 aliphatic carbocycles. The lowest BCUT2D eigenvalue weighted by Crippen LogP contribution is -2.14. The highest BCUT2D eigenvalue weighted by Gasteiger charge is 2.20. The third kappa shape index (κ3) is 3.80. The summed E-state index contributed by atoms with van der Waals surface area (Å²) in [5.41, 5.74) is 7.13. The van der Waals surface area contributed by atoms with Gasteiger partial charge in [0.2, 0.25) is 0 Å². The van der Waals surface area contributed by atoms with E-state index in [0.717, 1.165) is 0 Å². The van der Waals surface area contributed by atoms with Crippen LogP contribution in [0, 0.1) is 0 Å². The lowest BCUT2D eigenvalue weighted by Gasteiger charge is -2.08. The number of hydrogen-bond donors (Lipinski definition) is 4. The van der Waals surface area contributed by atoms with E-state index in [1.54, 1.807) is 43.5 Å². The van der Waals surface area contributed by atoms with Gasteiger partial charge in [0, 0.05) is 22.3 Å². The second kappa shape index (κ2) is 7.33. The van der Waals surface area contributed by atoms with Crippen LogP contribution in [0.3, 0.4) is 0 Å². The summed E-state index contributed by atoms with van der Waals surface area (Å²) in [4.78, 5) is 23.4. The monoisotopic (exact) mass is 391 g/mol. The topological polar surface area (TPSA) is 117 Å². The van der Waals surface area contributed by atoms with Crippen molar-refractivity contribution in [2.24, 2.45) is 5.73 Å². The van der Waals surface area contributed by atoms with Crippen molar-refractivity contribution in [3.63, 3.8) is 0 Å². The minimum absolute atomic E-state index is 0.131. The van der Waals surface area contributed by atoms with Gasteiger partial charge in [0.15, 0.2) is 0 Å². The molecule has 1 unspecified atom stereocenters. The second-order valence-corrected chi connectivity index (χ2v) is 6.39. The number of anilines is 1. The summed E-state index contributed by atoms with van der Waals surface area (Å²) in [7, 11) is 0. The summed E-state index contributed by atoms with van der Waals surface area (Å²) >= 11 is 12.2. The predicted octanol–water partition coefficient (Wildman–Crippen LogP) is 3.29. The van der Waals surface area contributed by atoms with Crippen LogP contribution in [0.5, 0.6) is 0 Å². The van der Waals surface area contributed by atoms with E-state index >= 15 is 0 Å². The maximum absolute atomic E-state index is 11.9. The van der Waals surface area contributed by atoms with Crippen molar-refractivity contribution in [1.29, 1.82) is 0 Å². The molecule has 0 radical (unpaired) electrons. The van der Waals surface area contributed by atoms with Crippen LogP contribution in [0.4, 0.5) is 5.82 Å². The Morgan fingerprint density at radius 1 is 1.31 bits per heavy atom. The summed E-state index contributed by atoms with van der Waals surface area (Å²) < 4.78 is 0. The molecule has 7 nitrogen and oxygen atoms in total. The molecule has 0 fully saturated rings. The second-order valence-electron chi connectivity index (χ2n) is 5.55. The third-order valence-electron chi connectivity index (χ3n) is 3.53. The number of aliphatic hydroxyl groups excluding tert-OH is 1. The van der Waals surface area contributed by atoms with Gasteiger partial charge in [-0.3, -0.25) is 4.79 Å². The fourth-order valence-electron chi connectivity index (χ4n) is 2.44. The molecule has 0 saturated heterocycles. The molecule has 5 N–H and O–H groups in total. The minimum atomic E-state index is -0.765. The van der Waals surface area contributed by atoms with E-state index < -0.39 is 12.1 Å². The van der Waals surface area contributed by atoms with Gasteiger partial charge in [-0.1, -0.05) is 23.2 Å². The molecule has 1 aromatic carbocycles. The molecular formula is C17H15Cl2N5O2. The Labute approximate surface area is 159 Å². The highest BCUT2D eigenvalue weighted by Crippen LogP contribution is 2.33.